The van der Waals surface area contributed by atoms with E-state index < -0.39 is 0 Å². The quantitative estimate of drug-likeness (QED) is 0.643. The standard InChI is InChI=1S/C7H13N5OS/c1-4(6(9)13)14-7-11-10-5(3-8)12(7)2/h4H,3,8H2,1-2H3,(H2,9,13). The first-order chi connectivity index (χ1) is 6.56. The highest BCUT2D eigenvalue weighted by molar-refractivity contribution is 8.00. The lowest BCUT2D eigenvalue weighted by Crippen LogP contribution is -2.23. The fourth-order valence-corrected chi connectivity index (χ4v) is 1.63. The third-order valence-electron chi connectivity index (χ3n) is 1.79. The van der Waals surface area contributed by atoms with E-state index in [4.69, 9.17) is 11.5 Å². The predicted molar refractivity (Wildman–Crippen MR) is 53.4 cm³/mol. The van der Waals surface area contributed by atoms with Crippen molar-refractivity contribution in [3.8, 4) is 0 Å². The van der Waals surface area contributed by atoms with Crippen LogP contribution >= 0.6 is 11.8 Å². The molecule has 0 fully saturated rings. The van der Waals surface area contributed by atoms with Gasteiger partial charge in [0, 0.05) is 7.05 Å². The van der Waals surface area contributed by atoms with Gasteiger partial charge in [0.2, 0.25) is 5.91 Å². The molecule has 7 heteroatoms. The average molecular weight is 215 g/mol. The Morgan fingerprint density at radius 2 is 2.29 bits per heavy atom. The molecule has 0 aromatic carbocycles. The molecule has 0 aliphatic rings. The number of amides is 1. The Morgan fingerprint density at radius 3 is 2.71 bits per heavy atom. The van der Waals surface area contributed by atoms with Crippen LogP contribution in [0.25, 0.3) is 0 Å². The lowest BCUT2D eigenvalue weighted by atomic mass is 10.5. The van der Waals surface area contributed by atoms with Crippen molar-refractivity contribution in [3.63, 3.8) is 0 Å². The van der Waals surface area contributed by atoms with Crippen LogP contribution < -0.4 is 11.5 Å². The van der Waals surface area contributed by atoms with Crippen molar-refractivity contribution in [2.24, 2.45) is 18.5 Å². The van der Waals surface area contributed by atoms with Gasteiger partial charge in [0.25, 0.3) is 0 Å². The summed E-state index contributed by atoms with van der Waals surface area (Å²) in [6, 6.07) is 0. The summed E-state index contributed by atoms with van der Waals surface area (Å²) >= 11 is 1.27. The minimum absolute atomic E-state index is 0.316. The van der Waals surface area contributed by atoms with E-state index in [1.165, 1.54) is 11.8 Å². The molecule has 1 aromatic rings. The number of hydrogen-bond donors (Lipinski definition) is 2. The van der Waals surface area contributed by atoms with Crippen molar-refractivity contribution in [1.29, 1.82) is 0 Å². The lowest BCUT2D eigenvalue weighted by molar-refractivity contribution is -0.117. The van der Waals surface area contributed by atoms with Gasteiger partial charge < -0.3 is 16.0 Å². The first-order valence-corrected chi connectivity index (χ1v) is 4.98. The third-order valence-corrected chi connectivity index (χ3v) is 2.94. The molecule has 0 radical (unpaired) electrons. The lowest BCUT2D eigenvalue weighted by Gasteiger charge is -2.05. The van der Waals surface area contributed by atoms with E-state index in [-0.39, 0.29) is 11.2 Å². The second-order valence-corrected chi connectivity index (χ2v) is 4.13. The van der Waals surface area contributed by atoms with Crippen molar-refractivity contribution in [2.45, 2.75) is 23.9 Å². The molecular formula is C7H13N5OS. The van der Waals surface area contributed by atoms with Crippen molar-refractivity contribution in [3.05, 3.63) is 5.82 Å². The fraction of sp³-hybridized carbons (Fsp3) is 0.571. The van der Waals surface area contributed by atoms with Gasteiger partial charge >= 0.3 is 0 Å². The zero-order valence-electron chi connectivity index (χ0n) is 8.10. The molecule has 0 saturated carbocycles. The molecule has 4 N–H and O–H groups in total. The molecular weight excluding hydrogens is 202 g/mol. The topological polar surface area (TPSA) is 99.8 Å². The van der Waals surface area contributed by atoms with Gasteiger partial charge in [-0.05, 0) is 6.92 Å². The largest absolute Gasteiger partial charge is 0.369 e. The summed E-state index contributed by atoms with van der Waals surface area (Å²) in [5.41, 5.74) is 10.6. The number of carbonyl (C=O) groups is 1. The minimum atomic E-state index is -0.368. The van der Waals surface area contributed by atoms with Crippen LogP contribution in [0.15, 0.2) is 5.16 Å². The molecule has 78 valence electrons. The van der Waals surface area contributed by atoms with Crippen LogP contribution in [0.4, 0.5) is 0 Å². The molecule has 14 heavy (non-hydrogen) atoms. The van der Waals surface area contributed by atoms with Crippen molar-refractivity contribution in [2.75, 3.05) is 0 Å². The fourth-order valence-electron chi connectivity index (χ4n) is 0.842. The summed E-state index contributed by atoms with van der Waals surface area (Å²) in [6.07, 6.45) is 0. The summed E-state index contributed by atoms with van der Waals surface area (Å²) < 4.78 is 1.75. The molecule has 1 unspecified atom stereocenters. The Kier molecular flexibility index (Phi) is 3.48. The zero-order chi connectivity index (χ0) is 10.7. The SMILES string of the molecule is CC(Sc1nnc(CN)n1C)C(N)=O. The van der Waals surface area contributed by atoms with Gasteiger partial charge in [-0.3, -0.25) is 4.79 Å². The Hall–Kier alpha value is -1.08. The molecule has 0 saturated heterocycles. The highest BCUT2D eigenvalue weighted by atomic mass is 32.2. The molecule has 1 aromatic heterocycles. The van der Waals surface area contributed by atoms with Crippen LogP contribution in [-0.4, -0.2) is 25.9 Å². The number of rotatable bonds is 4. The van der Waals surface area contributed by atoms with Crippen LogP contribution in [0, 0.1) is 0 Å². The number of carbonyl (C=O) groups excluding carboxylic acids is 1. The Labute approximate surface area is 86.0 Å². The van der Waals surface area contributed by atoms with E-state index in [2.05, 4.69) is 10.2 Å². The van der Waals surface area contributed by atoms with E-state index in [0.717, 1.165) is 0 Å². The normalized spacial score (nSPS) is 12.8. The van der Waals surface area contributed by atoms with Crippen molar-refractivity contribution < 1.29 is 4.79 Å². The van der Waals surface area contributed by atoms with Crippen molar-refractivity contribution in [1.82, 2.24) is 14.8 Å². The van der Waals surface area contributed by atoms with Crippen LogP contribution in [-0.2, 0) is 18.4 Å². The average Bonchev–Trinajstić information content (AvgIpc) is 2.47. The van der Waals surface area contributed by atoms with E-state index in [1.54, 1.807) is 18.5 Å². The molecule has 0 aliphatic heterocycles. The molecule has 1 rings (SSSR count). The molecule has 0 spiro atoms. The van der Waals surface area contributed by atoms with Gasteiger partial charge in [-0.2, -0.15) is 0 Å². The number of hydrogen-bond acceptors (Lipinski definition) is 5. The van der Waals surface area contributed by atoms with E-state index in [0.29, 0.717) is 17.5 Å². The van der Waals surface area contributed by atoms with E-state index in [9.17, 15) is 4.79 Å². The Morgan fingerprint density at radius 1 is 1.64 bits per heavy atom. The van der Waals surface area contributed by atoms with E-state index in [1.807, 2.05) is 0 Å². The summed E-state index contributed by atoms with van der Waals surface area (Å²) in [6.45, 7) is 2.05. The van der Waals surface area contributed by atoms with Gasteiger partial charge in [-0.25, -0.2) is 0 Å². The summed E-state index contributed by atoms with van der Waals surface area (Å²) in [4.78, 5) is 10.8. The molecule has 0 aliphatic carbocycles. The van der Waals surface area contributed by atoms with Gasteiger partial charge in [0.15, 0.2) is 5.16 Å². The maximum atomic E-state index is 10.8. The van der Waals surface area contributed by atoms with E-state index >= 15 is 0 Å². The second-order valence-electron chi connectivity index (χ2n) is 2.82. The summed E-state index contributed by atoms with van der Waals surface area (Å²) in [5.74, 6) is 0.316. The molecule has 1 atom stereocenters. The van der Waals surface area contributed by atoms with Crippen LogP contribution in [0.2, 0.25) is 0 Å². The maximum absolute atomic E-state index is 10.8. The molecule has 1 amide bonds. The Bertz CT molecular complexity index is 337. The predicted octanol–water partition coefficient (Wildman–Crippen LogP) is -0.760. The maximum Gasteiger partial charge on any atom is 0.230 e. The summed E-state index contributed by atoms with van der Waals surface area (Å²) in [7, 11) is 1.80. The number of aromatic nitrogens is 3. The first-order valence-electron chi connectivity index (χ1n) is 4.10. The zero-order valence-corrected chi connectivity index (χ0v) is 8.91. The van der Waals surface area contributed by atoms with Gasteiger partial charge in [-0.15, -0.1) is 10.2 Å². The third kappa shape index (κ3) is 2.24. The second kappa shape index (κ2) is 4.43. The van der Waals surface area contributed by atoms with Crippen LogP contribution in [0.1, 0.15) is 12.7 Å². The molecule has 1 heterocycles. The summed E-state index contributed by atoms with van der Waals surface area (Å²) in [5, 5.41) is 8.09. The highest BCUT2D eigenvalue weighted by Gasteiger charge is 2.15. The van der Waals surface area contributed by atoms with Crippen LogP contribution in [0.5, 0.6) is 0 Å². The first kappa shape index (κ1) is 11.0. The molecule has 6 nitrogen and oxygen atoms in total. The number of nitrogens with zero attached hydrogens (tertiary/aromatic N) is 3. The number of nitrogens with two attached hydrogens (primary N) is 2. The molecule has 0 bridgehead atoms. The smallest absolute Gasteiger partial charge is 0.230 e. The number of primary amides is 1. The highest BCUT2D eigenvalue weighted by Crippen LogP contribution is 2.20. The number of thioether (sulfide) groups is 1. The monoisotopic (exact) mass is 215 g/mol. The van der Waals surface area contributed by atoms with Gasteiger partial charge in [-0.1, -0.05) is 11.8 Å². The van der Waals surface area contributed by atoms with Gasteiger partial charge in [0.05, 0.1) is 11.8 Å². The van der Waals surface area contributed by atoms with Gasteiger partial charge in [0.1, 0.15) is 5.82 Å². The Balaban J connectivity index is 2.77. The van der Waals surface area contributed by atoms with Crippen LogP contribution in [0.3, 0.4) is 0 Å². The van der Waals surface area contributed by atoms with Crippen molar-refractivity contribution >= 4 is 17.7 Å². The minimum Gasteiger partial charge on any atom is -0.369 e.